The lowest BCUT2D eigenvalue weighted by Crippen LogP contribution is -2.30. The fraction of sp³-hybridized carbons (Fsp3) is 0.250. The molecule has 0 spiro atoms. The Bertz CT molecular complexity index is 867. The van der Waals surface area contributed by atoms with Crippen LogP contribution in [-0.4, -0.2) is 31.0 Å². The Morgan fingerprint density at radius 3 is 2.21 bits per heavy atom. The molecule has 1 atom stereocenters. The number of carbonyl (C=O) groups excluding carboxylic acids is 3. The Balaban J connectivity index is 1.92. The average Bonchev–Trinajstić information content (AvgIpc) is 2.63. The van der Waals surface area contributed by atoms with Gasteiger partial charge in [0, 0.05) is 28.9 Å². The summed E-state index contributed by atoms with van der Waals surface area (Å²) >= 11 is 5.95. The van der Waals surface area contributed by atoms with Gasteiger partial charge in [-0.1, -0.05) is 11.6 Å². The molecular formula is C20H21ClN2O5. The zero-order valence-corrected chi connectivity index (χ0v) is 16.5. The Morgan fingerprint density at radius 1 is 1.04 bits per heavy atom. The van der Waals surface area contributed by atoms with Crippen molar-refractivity contribution in [2.45, 2.75) is 26.4 Å². The summed E-state index contributed by atoms with van der Waals surface area (Å²) in [5.41, 5.74) is 1.69. The van der Waals surface area contributed by atoms with Crippen molar-refractivity contribution in [1.82, 2.24) is 0 Å². The molecule has 0 saturated heterocycles. The smallest absolute Gasteiger partial charge is 0.311 e. The van der Waals surface area contributed by atoms with Crippen LogP contribution in [0.1, 0.15) is 19.4 Å². The van der Waals surface area contributed by atoms with Gasteiger partial charge in [-0.15, -0.1) is 0 Å². The molecule has 0 bridgehead atoms. The number of esters is 1. The highest BCUT2D eigenvalue weighted by atomic mass is 35.5. The minimum absolute atomic E-state index is 0.0766. The summed E-state index contributed by atoms with van der Waals surface area (Å²) in [5, 5.41) is 5.75. The Labute approximate surface area is 168 Å². The van der Waals surface area contributed by atoms with Gasteiger partial charge in [0.2, 0.25) is 5.91 Å². The van der Waals surface area contributed by atoms with E-state index >= 15 is 0 Å². The molecule has 28 heavy (non-hydrogen) atoms. The first kappa shape index (κ1) is 21.2. The van der Waals surface area contributed by atoms with Gasteiger partial charge in [0.05, 0.1) is 13.5 Å². The van der Waals surface area contributed by atoms with Crippen LogP contribution in [0.4, 0.5) is 11.4 Å². The van der Waals surface area contributed by atoms with Gasteiger partial charge in [-0.2, -0.15) is 0 Å². The number of methoxy groups -OCH3 is 1. The number of benzene rings is 2. The van der Waals surface area contributed by atoms with Crippen LogP contribution in [0, 0.1) is 0 Å². The molecule has 2 N–H and O–H groups in total. The van der Waals surface area contributed by atoms with E-state index < -0.39 is 18.0 Å². The van der Waals surface area contributed by atoms with Crippen LogP contribution in [0.2, 0.25) is 5.02 Å². The van der Waals surface area contributed by atoms with Gasteiger partial charge in [0.25, 0.3) is 5.91 Å². The number of hydrogen-bond donors (Lipinski definition) is 2. The van der Waals surface area contributed by atoms with Gasteiger partial charge in [0.1, 0.15) is 5.75 Å². The molecule has 0 radical (unpaired) electrons. The SMILES string of the molecule is COc1ccc(Cl)cc1CC(=O)O[C@@H](C)C(=O)Nc1ccc(NC(C)=O)cc1. The third-order valence-electron chi connectivity index (χ3n) is 3.73. The first-order chi connectivity index (χ1) is 13.3. The van der Waals surface area contributed by atoms with Gasteiger partial charge in [-0.05, 0) is 49.4 Å². The summed E-state index contributed by atoms with van der Waals surface area (Å²) in [6.45, 7) is 2.89. The summed E-state index contributed by atoms with van der Waals surface area (Å²) in [6.07, 6.45) is -1.07. The molecule has 0 fully saturated rings. The maximum absolute atomic E-state index is 12.2. The Hall–Kier alpha value is -3.06. The van der Waals surface area contributed by atoms with Crippen LogP contribution < -0.4 is 15.4 Å². The molecule has 0 aliphatic heterocycles. The minimum Gasteiger partial charge on any atom is -0.496 e. The van der Waals surface area contributed by atoms with Crippen LogP contribution in [0.25, 0.3) is 0 Å². The van der Waals surface area contributed by atoms with E-state index in [1.165, 1.54) is 21.0 Å². The highest BCUT2D eigenvalue weighted by molar-refractivity contribution is 6.30. The second kappa shape index (κ2) is 9.75. The molecule has 2 amide bonds. The van der Waals surface area contributed by atoms with Gasteiger partial charge >= 0.3 is 5.97 Å². The molecule has 8 heteroatoms. The summed E-state index contributed by atoms with van der Waals surface area (Å²) in [5.74, 6) is -0.728. The van der Waals surface area contributed by atoms with E-state index in [1.807, 2.05) is 0 Å². The second-order valence-corrected chi connectivity index (χ2v) is 6.45. The number of nitrogens with one attached hydrogen (secondary N) is 2. The number of amides is 2. The lowest BCUT2D eigenvalue weighted by Gasteiger charge is -2.15. The molecule has 148 valence electrons. The van der Waals surface area contributed by atoms with Crippen LogP contribution in [-0.2, 0) is 25.5 Å². The van der Waals surface area contributed by atoms with Crippen LogP contribution >= 0.6 is 11.6 Å². The number of halogens is 1. The maximum Gasteiger partial charge on any atom is 0.311 e. The predicted octanol–water partition coefficient (Wildman–Crippen LogP) is 3.42. The van der Waals surface area contributed by atoms with Crippen molar-refractivity contribution in [3.8, 4) is 5.75 Å². The van der Waals surface area contributed by atoms with E-state index in [-0.39, 0.29) is 12.3 Å². The molecule has 0 unspecified atom stereocenters. The molecule has 2 aromatic rings. The molecule has 7 nitrogen and oxygen atoms in total. The van der Waals surface area contributed by atoms with Crippen molar-refractivity contribution in [3.05, 3.63) is 53.1 Å². The second-order valence-electron chi connectivity index (χ2n) is 6.01. The molecule has 0 heterocycles. The molecule has 0 aliphatic carbocycles. The molecule has 2 aromatic carbocycles. The van der Waals surface area contributed by atoms with Crippen LogP contribution in [0.15, 0.2) is 42.5 Å². The lowest BCUT2D eigenvalue weighted by molar-refractivity contribution is -0.152. The minimum atomic E-state index is -0.993. The zero-order chi connectivity index (χ0) is 20.7. The highest BCUT2D eigenvalue weighted by Gasteiger charge is 2.19. The molecule has 2 rings (SSSR count). The molecular weight excluding hydrogens is 384 g/mol. The van der Waals surface area contributed by atoms with E-state index in [4.69, 9.17) is 21.1 Å². The van der Waals surface area contributed by atoms with Crippen molar-refractivity contribution >= 4 is 40.8 Å². The Morgan fingerprint density at radius 2 is 1.64 bits per heavy atom. The van der Waals surface area contributed by atoms with E-state index in [2.05, 4.69) is 10.6 Å². The number of carbonyl (C=O) groups is 3. The van der Waals surface area contributed by atoms with E-state index in [1.54, 1.807) is 42.5 Å². The van der Waals surface area contributed by atoms with Gasteiger partial charge in [-0.25, -0.2) is 0 Å². The number of hydrogen-bond acceptors (Lipinski definition) is 5. The van der Waals surface area contributed by atoms with Gasteiger partial charge in [-0.3, -0.25) is 14.4 Å². The predicted molar refractivity (Wildman–Crippen MR) is 107 cm³/mol. The number of rotatable bonds is 7. The zero-order valence-electron chi connectivity index (χ0n) is 15.7. The lowest BCUT2D eigenvalue weighted by atomic mass is 10.1. The summed E-state index contributed by atoms with van der Waals surface area (Å²) < 4.78 is 10.4. The fourth-order valence-corrected chi connectivity index (χ4v) is 2.61. The number of ether oxygens (including phenoxy) is 2. The third kappa shape index (κ3) is 6.28. The number of anilines is 2. The van der Waals surface area contributed by atoms with Gasteiger partial charge < -0.3 is 20.1 Å². The van der Waals surface area contributed by atoms with Gasteiger partial charge in [0.15, 0.2) is 6.10 Å². The van der Waals surface area contributed by atoms with Crippen LogP contribution in [0.5, 0.6) is 5.75 Å². The van der Waals surface area contributed by atoms with E-state index in [9.17, 15) is 14.4 Å². The summed E-state index contributed by atoms with van der Waals surface area (Å²) in [7, 11) is 1.49. The van der Waals surface area contributed by atoms with E-state index in [0.29, 0.717) is 27.7 Å². The Kier molecular flexibility index (Phi) is 7.40. The maximum atomic E-state index is 12.2. The monoisotopic (exact) mass is 404 g/mol. The average molecular weight is 405 g/mol. The fourth-order valence-electron chi connectivity index (χ4n) is 2.42. The molecule has 0 aromatic heterocycles. The third-order valence-corrected chi connectivity index (χ3v) is 3.96. The topological polar surface area (TPSA) is 93.7 Å². The molecule has 0 saturated carbocycles. The standard InChI is InChI=1S/C20H21ClN2O5/c1-12(20(26)23-17-7-5-16(6-8-17)22-13(2)24)28-19(25)11-14-10-15(21)4-9-18(14)27-3/h4-10,12H,11H2,1-3H3,(H,22,24)(H,23,26)/t12-/m0/s1. The van der Waals surface area contributed by atoms with E-state index in [0.717, 1.165) is 0 Å². The van der Waals surface area contributed by atoms with Crippen molar-refractivity contribution < 1.29 is 23.9 Å². The van der Waals surface area contributed by atoms with Crippen molar-refractivity contribution in [3.63, 3.8) is 0 Å². The highest BCUT2D eigenvalue weighted by Crippen LogP contribution is 2.23. The first-order valence-corrected chi connectivity index (χ1v) is 8.86. The van der Waals surface area contributed by atoms with Crippen molar-refractivity contribution in [1.29, 1.82) is 0 Å². The first-order valence-electron chi connectivity index (χ1n) is 8.49. The summed E-state index contributed by atoms with van der Waals surface area (Å²) in [4.78, 5) is 35.4. The van der Waals surface area contributed by atoms with Crippen LogP contribution in [0.3, 0.4) is 0 Å². The normalized spacial score (nSPS) is 11.3. The summed E-state index contributed by atoms with van der Waals surface area (Å²) in [6, 6.07) is 11.5. The largest absolute Gasteiger partial charge is 0.496 e. The quantitative estimate of drug-likeness (QED) is 0.689. The molecule has 0 aliphatic rings. The van der Waals surface area contributed by atoms with Crippen molar-refractivity contribution in [2.24, 2.45) is 0 Å². The van der Waals surface area contributed by atoms with Crippen molar-refractivity contribution in [2.75, 3.05) is 17.7 Å².